The maximum Gasteiger partial charge on any atom is 0.356 e. The quantitative estimate of drug-likeness (QED) is 0.770. The van der Waals surface area contributed by atoms with E-state index in [1.165, 1.54) is 20.4 Å². The highest BCUT2D eigenvalue weighted by molar-refractivity contribution is 5.94. The highest BCUT2D eigenvalue weighted by Gasteiger charge is 2.12. The van der Waals surface area contributed by atoms with Gasteiger partial charge in [0.15, 0.2) is 5.69 Å². The first kappa shape index (κ1) is 18.0. The molecular weight excluding hydrogens is 328 g/mol. The smallest absolute Gasteiger partial charge is 0.356 e. The lowest BCUT2D eigenvalue weighted by atomic mass is 10.2. The molecule has 0 unspecified atom stereocenters. The molecule has 1 aromatic carbocycles. The SMILES string of the molecule is COc1cc(NC(=O)CN(C)c2cnc(C(=O)O)cn2)cc(OC)c1. The summed E-state index contributed by atoms with van der Waals surface area (Å²) in [7, 11) is 4.69. The molecule has 25 heavy (non-hydrogen) atoms. The zero-order valence-corrected chi connectivity index (χ0v) is 14.0. The Bertz CT molecular complexity index is 741. The minimum Gasteiger partial charge on any atom is -0.497 e. The number of hydrogen-bond acceptors (Lipinski definition) is 7. The molecule has 9 heteroatoms. The summed E-state index contributed by atoms with van der Waals surface area (Å²) >= 11 is 0. The third-order valence-corrected chi connectivity index (χ3v) is 3.26. The Morgan fingerprint density at radius 3 is 2.24 bits per heavy atom. The maximum atomic E-state index is 12.2. The van der Waals surface area contributed by atoms with Crippen LogP contribution in [0.5, 0.6) is 11.5 Å². The number of aromatic nitrogens is 2. The van der Waals surface area contributed by atoms with E-state index in [0.717, 1.165) is 6.20 Å². The van der Waals surface area contributed by atoms with Crippen molar-refractivity contribution in [3.8, 4) is 11.5 Å². The van der Waals surface area contributed by atoms with Crippen LogP contribution in [0.1, 0.15) is 10.5 Å². The van der Waals surface area contributed by atoms with Crippen LogP contribution in [0.4, 0.5) is 11.5 Å². The Hall–Kier alpha value is -3.36. The van der Waals surface area contributed by atoms with E-state index in [9.17, 15) is 9.59 Å². The number of carbonyl (C=O) groups excluding carboxylic acids is 1. The fourth-order valence-corrected chi connectivity index (χ4v) is 2.01. The van der Waals surface area contributed by atoms with Crippen LogP contribution in [0.3, 0.4) is 0 Å². The molecule has 2 N–H and O–H groups in total. The second-order valence-electron chi connectivity index (χ2n) is 5.07. The molecule has 1 aromatic heterocycles. The zero-order chi connectivity index (χ0) is 18.4. The summed E-state index contributed by atoms with van der Waals surface area (Å²) < 4.78 is 10.3. The predicted molar refractivity (Wildman–Crippen MR) is 90.4 cm³/mol. The molecule has 2 aromatic rings. The van der Waals surface area contributed by atoms with Gasteiger partial charge in [-0.2, -0.15) is 0 Å². The summed E-state index contributed by atoms with van der Waals surface area (Å²) in [5.41, 5.74) is 0.368. The number of carboxylic acid groups (broad SMARTS) is 1. The average molecular weight is 346 g/mol. The van der Waals surface area contributed by atoms with E-state index in [1.807, 2.05) is 0 Å². The zero-order valence-electron chi connectivity index (χ0n) is 14.0. The van der Waals surface area contributed by atoms with Gasteiger partial charge in [0.05, 0.1) is 33.2 Å². The van der Waals surface area contributed by atoms with Gasteiger partial charge in [-0.1, -0.05) is 0 Å². The molecule has 0 atom stereocenters. The lowest BCUT2D eigenvalue weighted by Gasteiger charge is -2.17. The van der Waals surface area contributed by atoms with Crippen LogP contribution in [0.2, 0.25) is 0 Å². The van der Waals surface area contributed by atoms with Gasteiger partial charge in [-0.3, -0.25) is 4.79 Å². The van der Waals surface area contributed by atoms with E-state index in [2.05, 4.69) is 15.3 Å². The number of ether oxygens (including phenoxy) is 2. The number of likely N-dealkylation sites (N-methyl/N-ethyl adjacent to an activating group) is 1. The second kappa shape index (κ2) is 7.95. The van der Waals surface area contributed by atoms with Crippen LogP contribution in [0, 0.1) is 0 Å². The first-order chi connectivity index (χ1) is 11.9. The first-order valence-corrected chi connectivity index (χ1v) is 7.22. The summed E-state index contributed by atoms with van der Waals surface area (Å²) in [4.78, 5) is 32.3. The molecule has 0 saturated carbocycles. The molecule has 9 nitrogen and oxygen atoms in total. The van der Waals surface area contributed by atoms with Crippen molar-refractivity contribution in [2.75, 3.05) is 38.0 Å². The molecule has 0 aliphatic carbocycles. The van der Waals surface area contributed by atoms with Crippen LogP contribution in [0.25, 0.3) is 0 Å². The minimum absolute atomic E-state index is 0.000618. The molecule has 0 aliphatic rings. The minimum atomic E-state index is -1.16. The van der Waals surface area contributed by atoms with Crippen molar-refractivity contribution in [3.63, 3.8) is 0 Å². The van der Waals surface area contributed by atoms with Crippen molar-refractivity contribution in [3.05, 3.63) is 36.3 Å². The number of nitrogens with zero attached hydrogens (tertiary/aromatic N) is 3. The van der Waals surface area contributed by atoms with Gasteiger partial charge >= 0.3 is 5.97 Å². The van der Waals surface area contributed by atoms with Crippen molar-refractivity contribution in [2.45, 2.75) is 0 Å². The number of benzene rings is 1. The lowest BCUT2D eigenvalue weighted by Crippen LogP contribution is -2.30. The standard InChI is InChI=1S/C16H18N4O5/c1-20(14-8-17-13(7-18-14)16(22)23)9-15(21)19-10-4-11(24-2)6-12(5-10)25-3/h4-8H,9H2,1-3H3,(H,19,21)(H,22,23). The fraction of sp³-hybridized carbons (Fsp3) is 0.250. The Kier molecular flexibility index (Phi) is 5.72. The molecule has 0 bridgehead atoms. The van der Waals surface area contributed by atoms with Gasteiger partial charge in [-0.15, -0.1) is 0 Å². The Morgan fingerprint density at radius 1 is 1.12 bits per heavy atom. The maximum absolute atomic E-state index is 12.2. The van der Waals surface area contributed by atoms with Gasteiger partial charge in [0.1, 0.15) is 17.3 Å². The highest BCUT2D eigenvalue weighted by atomic mass is 16.5. The first-order valence-electron chi connectivity index (χ1n) is 7.22. The van der Waals surface area contributed by atoms with E-state index < -0.39 is 5.97 Å². The van der Waals surface area contributed by atoms with Crippen LogP contribution in [-0.4, -0.2) is 54.8 Å². The fourth-order valence-electron chi connectivity index (χ4n) is 2.01. The molecule has 1 amide bonds. The average Bonchev–Trinajstić information content (AvgIpc) is 2.61. The van der Waals surface area contributed by atoms with E-state index in [4.69, 9.17) is 14.6 Å². The number of carboxylic acids is 1. The topological polar surface area (TPSA) is 114 Å². The summed E-state index contributed by atoms with van der Waals surface area (Å²) in [6.45, 7) is 0.000618. The lowest BCUT2D eigenvalue weighted by molar-refractivity contribution is -0.114. The molecule has 0 fully saturated rings. The molecule has 0 radical (unpaired) electrons. The van der Waals surface area contributed by atoms with Crippen LogP contribution >= 0.6 is 0 Å². The normalized spacial score (nSPS) is 10.0. The van der Waals surface area contributed by atoms with E-state index in [0.29, 0.717) is 23.0 Å². The highest BCUT2D eigenvalue weighted by Crippen LogP contribution is 2.25. The van der Waals surface area contributed by atoms with Gasteiger partial charge < -0.3 is 24.8 Å². The Balaban J connectivity index is 2.03. The third kappa shape index (κ3) is 4.80. The van der Waals surface area contributed by atoms with Crippen LogP contribution in [-0.2, 0) is 4.79 Å². The van der Waals surface area contributed by atoms with Gasteiger partial charge in [-0.25, -0.2) is 14.8 Å². The van der Waals surface area contributed by atoms with Crippen LogP contribution < -0.4 is 19.7 Å². The van der Waals surface area contributed by atoms with Crippen molar-refractivity contribution in [1.82, 2.24) is 9.97 Å². The predicted octanol–water partition coefficient (Wildman–Crippen LogP) is 1.27. The van der Waals surface area contributed by atoms with Gasteiger partial charge in [0, 0.05) is 30.9 Å². The summed E-state index contributed by atoms with van der Waals surface area (Å²) in [6.07, 6.45) is 2.43. The molecule has 0 aliphatic heterocycles. The molecule has 2 rings (SSSR count). The molecule has 0 saturated heterocycles. The second-order valence-corrected chi connectivity index (χ2v) is 5.07. The van der Waals surface area contributed by atoms with E-state index in [-0.39, 0.29) is 18.1 Å². The number of hydrogen-bond donors (Lipinski definition) is 2. The van der Waals surface area contributed by atoms with Gasteiger partial charge in [0.25, 0.3) is 0 Å². The number of rotatable bonds is 7. The number of nitrogens with one attached hydrogen (secondary N) is 1. The Morgan fingerprint density at radius 2 is 1.76 bits per heavy atom. The summed E-state index contributed by atoms with van der Waals surface area (Å²) in [5, 5.41) is 11.5. The van der Waals surface area contributed by atoms with Crippen molar-refractivity contribution >= 4 is 23.4 Å². The van der Waals surface area contributed by atoms with Crippen molar-refractivity contribution < 1.29 is 24.2 Å². The number of anilines is 2. The number of aromatic carboxylic acids is 1. The largest absolute Gasteiger partial charge is 0.497 e. The summed E-state index contributed by atoms with van der Waals surface area (Å²) in [5.74, 6) is 0.0352. The van der Waals surface area contributed by atoms with Gasteiger partial charge in [-0.05, 0) is 0 Å². The van der Waals surface area contributed by atoms with E-state index in [1.54, 1.807) is 30.1 Å². The Labute approximate surface area is 144 Å². The van der Waals surface area contributed by atoms with Crippen molar-refractivity contribution in [1.29, 1.82) is 0 Å². The van der Waals surface area contributed by atoms with Crippen LogP contribution in [0.15, 0.2) is 30.6 Å². The number of methoxy groups -OCH3 is 2. The molecule has 0 spiro atoms. The van der Waals surface area contributed by atoms with Crippen molar-refractivity contribution in [2.24, 2.45) is 0 Å². The summed E-state index contributed by atoms with van der Waals surface area (Å²) in [6, 6.07) is 5.03. The number of carbonyl (C=O) groups is 2. The third-order valence-electron chi connectivity index (χ3n) is 3.26. The van der Waals surface area contributed by atoms with E-state index >= 15 is 0 Å². The van der Waals surface area contributed by atoms with Gasteiger partial charge in [0.2, 0.25) is 5.91 Å². The monoisotopic (exact) mass is 346 g/mol. The molecule has 132 valence electrons. The number of amides is 1. The molecule has 1 heterocycles. The molecular formula is C16H18N4O5.